The van der Waals surface area contributed by atoms with Crippen LogP contribution >= 0.6 is 0 Å². The van der Waals surface area contributed by atoms with Crippen LogP contribution in [0, 0.1) is 10.1 Å². The maximum absolute atomic E-state index is 13.1. The summed E-state index contributed by atoms with van der Waals surface area (Å²) in [7, 11) is 0. The molecule has 2 amide bonds. The molecule has 0 saturated carbocycles. The van der Waals surface area contributed by atoms with Gasteiger partial charge in [0, 0.05) is 29.6 Å². The summed E-state index contributed by atoms with van der Waals surface area (Å²) in [6.07, 6.45) is 1.21. The van der Waals surface area contributed by atoms with Crippen molar-refractivity contribution >= 4 is 34.4 Å². The number of hydrogen-bond donors (Lipinski definition) is 2. The normalized spacial score (nSPS) is 12.5. The van der Waals surface area contributed by atoms with Gasteiger partial charge >= 0.3 is 5.97 Å². The molecule has 0 unspecified atom stereocenters. The van der Waals surface area contributed by atoms with E-state index < -0.39 is 34.7 Å². The van der Waals surface area contributed by atoms with Gasteiger partial charge in [0.15, 0.2) is 0 Å². The average molecular weight is 450 g/mol. The number of carbonyl (C=O) groups excluding carboxylic acids is 3. The number of rotatable bonds is 9. The van der Waals surface area contributed by atoms with Gasteiger partial charge in [0.05, 0.1) is 29.0 Å². The Morgan fingerprint density at radius 2 is 1.82 bits per heavy atom. The number of nitrogens with one attached hydrogen (secondary N) is 1. The number of aromatic nitrogens is 1. The summed E-state index contributed by atoms with van der Waals surface area (Å²) in [5, 5.41) is 14.2. The fourth-order valence-corrected chi connectivity index (χ4v) is 3.55. The zero-order chi connectivity index (χ0) is 24.0. The van der Waals surface area contributed by atoms with E-state index in [1.807, 2.05) is 0 Å². The van der Waals surface area contributed by atoms with E-state index in [1.54, 1.807) is 31.2 Å². The molecular formula is C23H22N4O6. The molecule has 33 heavy (non-hydrogen) atoms. The van der Waals surface area contributed by atoms with Crippen molar-refractivity contribution < 1.29 is 24.0 Å². The Hall–Kier alpha value is -4.34. The lowest BCUT2D eigenvalue weighted by molar-refractivity contribution is -0.384. The van der Waals surface area contributed by atoms with Crippen molar-refractivity contribution in [3.8, 4) is 0 Å². The second-order valence-corrected chi connectivity index (χ2v) is 7.19. The number of non-ortho nitro benzene ring substituents is 1. The lowest BCUT2D eigenvalue weighted by atomic mass is 9.87. The fourth-order valence-electron chi connectivity index (χ4n) is 3.55. The van der Waals surface area contributed by atoms with E-state index >= 15 is 0 Å². The summed E-state index contributed by atoms with van der Waals surface area (Å²) in [5.41, 5.74) is 6.75. The molecule has 1 heterocycles. The largest absolute Gasteiger partial charge is 0.466 e. The number of primary amides is 1. The molecule has 0 aliphatic carbocycles. The van der Waals surface area contributed by atoms with Gasteiger partial charge in [0.2, 0.25) is 5.91 Å². The number of nitro groups is 1. The third-order valence-corrected chi connectivity index (χ3v) is 5.11. The van der Waals surface area contributed by atoms with Crippen LogP contribution in [0.2, 0.25) is 0 Å². The summed E-state index contributed by atoms with van der Waals surface area (Å²) in [6.45, 7) is 1.77. The van der Waals surface area contributed by atoms with Crippen molar-refractivity contribution in [1.29, 1.82) is 0 Å². The number of nitrogens with two attached hydrogens (primary N) is 1. The molecule has 0 radical (unpaired) electrons. The third kappa shape index (κ3) is 5.48. The van der Waals surface area contributed by atoms with Gasteiger partial charge in [-0.15, -0.1) is 0 Å². The lowest BCUT2D eigenvalue weighted by Gasteiger charge is -2.26. The lowest BCUT2D eigenvalue weighted by Crippen LogP contribution is -2.48. The summed E-state index contributed by atoms with van der Waals surface area (Å²) in [5.74, 6) is -2.95. The van der Waals surface area contributed by atoms with E-state index in [1.165, 1.54) is 36.5 Å². The molecule has 0 aliphatic rings. The van der Waals surface area contributed by atoms with E-state index in [0.29, 0.717) is 16.5 Å². The molecule has 0 fully saturated rings. The maximum atomic E-state index is 13.1. The first-order chi connectivity index (χ1) is 15.8. The van der Waals surface area contributed by atoms with Gasteiger partial charge in [-0.3, -0.25) is 29.5 Å². The highest BCUT2D eigenvalue weighted by atomic mass is 16.6. The first-order valence-corrected chi connectivity index (χ1v) is 10.2. The number of benzene rings is 2. The van der Waals surface area contributed by atoms with Gasteiger partial charge < -0.3 is 15.8 Å². The number of hydrogen-bond acceptors (Lipinski definition) is 7. The van der Waals surface area contributed by atoms with E-state index in [-0.39, 0.29) is 24.3 Å². The Morgan fingerprint density at radius 1 is 1.12 bits per heavy atom. The van der Waals surface area contributed by atoms with Gasteiger partial charge in [0.25, 0.3) is 11.6 Å². The molecule has 0 saturated heterocycles. The van der Waals surface area contributed by atoms with Crippen molar-refractivity contribution in [2.75, 3.05) is 6.61 Å². The standard InChI is InChI=1S/C23H22N4O6/c1-2-33-20(28)13-18(14-7-9-15(10-8-14)27(31)32)21(22(24)29)26-23(30)17-11-12-25-19-6-4-3-5-16(17)19/h3-12,18,21H,2,13H2,1H3,(H2,24,29)(H,26,30)/t18-,21-/m1/s1. The minimum Gasteiger partial charge on any atom is -0.466 e. The molecule has 1 aromatic heterocycles. The number of para-hydroxylation sites is 1. The minimum atomic E-state index is -1.28. The van der Waals surface area contributed by atoms with Gasteiger partial charge in [-0.2, -0.15) is 0 Å². The van der Waals surface area contributed by atoms with Gasteiger partial charge in [-0.1, -0.05) is 30.3 Å². The maximum Gasteiger partial charge on any atom is 0.306 e. The van der Waals surface area contributed by atoms with Crippen LogP contribution in [-0.2, 0) is 14.3 Å². The molecule has 3 aromatic rings. The highest BCUT2D eigenvalue weighted by molar-refractivity contribution is 6.07. The van der Waals surface area contributed by atoms with Crippen molar-refractivity contribution in [1.82, 2.24) is 10.3 Å². The van der Waals surface area contributed by atoms with Crippen molar-refractivity contribution in [3.05, 3.63) is 82.0 Å². The summed E-state index contributed by atoms with van der Waals surface area (Å²) in [4.78, 5) is 52.4. The van der Waals surface area contributed by atoms with Gasteiger partial charge in [0.1, 0.15) is 6.04 Å². The van der Waals surface area contributed by atoms with Crippen LogP contribution in [0.4, 0.5) is 5.69 Å². The zero-order valence-electron chi connectivity index (χ0n) is 17.8. The number of esters is 1. The van der Waals surface area contributed by atoms with Crippen LogP contribution in [0.3, 0.4) is 0 Å². The third-order valence-electron chi connectivity index (χ3n) is 5.11. The number of carbonyl (C=O) groups is 3. The Morgan fingerprint density at radius 3 is 2.45 bits per heavy atom. The number of nitrogens with zero attached hydrogens (tertiary/aromatic N) is 2. The van der Waals surface area contributed by atoms with Gasteiger partial charge in [-0.05, 0) is 24.6 Å². The van der Waals surface area contributed by atoms with Crippen molar-refractivity contribution in [2.24, 2.45) is 5.73 Å². The smallest absolute Gasteiger partial charge is 0.306 e. The van der Waals surface area contributed by atoms with Crippen LogP contribution in [0.5, 0.6) is 0 Å². The molecular weight excluding hydrogens is 428 g/mol. The Balaban J connectivity index is 1.97. The molecule has 2 atom stereocenters. The fraction of sp³-hybridized carbons (Fsp3) is 0.217. The van der Waals surface area contributed by atoms with Crippen molar-refractivity contribution in [3.63, 3.8) is 0 Å². The second kappa shape index (κ2) is 10.3. The molecule has 0 spiro atoms. The molecule has 2 aromatic carbocycles. The zero-order valence-corrected chi connectivity index (χ0v) is 17.8. The summed E-state index contributed by atoms with van der Waals surface area (Å²) in [6, 6.07) is 12.6. The van der Waals surface area contributed by atoms with Crippen LogP contribution < -0.4 is 11.1 Å². The minimum absolute atomic E-state index is 0.127. The second-order valence-electron chi connectivity index (χ2n) is 7.19. The molecule has 3 N–H and O–H groups in total. The molecule has 0 bridgehead atoms. The first kappa shape index (κ1) is 23.3. The van der Waals surface area contributed by atoms with E-state index in [2.05, 4.69) is 10.3 Å². The predicted molar refractivity (Wildman–Crippen MR) is 119 cm³/mol. The van der Waals surface area contributed by atoms with E-state index in [4.69, 9.17) is 10.5 Å². The van der Waals surface area contributed by atoms with Crippen LogP contribution in [-0.4, -0.2) is 40.3 Å². The summed E-state index contributed by atoms with van der Waals surface area (Å²) < 4.78 is 5.01. The Bertz CT molecular complexity index is 1190. The van der Waals surface area contributed by atoms with Crippen LogP contribution in [0.25, 0.3) is 10.9 Å². The van der Waals surface area contributed by atoms with Crippen LogP contribution in [0.1, 0.15) is 35.2 Å². The van der Waals surface area contributed by atoms with Gasteiger partial charge in [-0.25, -0.2) is 0 Å². The number of pyridine rings is 1. The summed E-state index contributed by atoms with van der Waals surface area (Å²) >= 11 is 0. The number of ether oxygens (including phenoxy) is 1. The molecule has 10 nitrogen and oxygen atoms in total. The number of nitro benzene ring substituents is 1. The van der Waals surface area contributed by atoms with E-state index in [0.717, 1.165) is 0 Å². The predicted octanol–water partition coefficient (Wildman–Crippen LogP) is 2.46. The van der Waals surface area contributed by atoms with Crippen molar-refractivity contribution in [2.45, 2.75) is 25.3 Å². The number of fused-ring (bicyclic) bond motifs is 1. The van der Waals surface area contributed by atoms with E-state index in [9.17, 15) is 24.5 Å². The first-order valence-electron chi connectivity index (χ1n) is 10.2. The molecule has 10 heteroatoms. The Labute approximate surface area is 188 Å². The SMILES string of the molecule is CCOC(=O)C[C@H](c1ccc([N+](=O)[O-])cc1)[C@@H](NC(=O)c1ccnc2ccccc12)C(N)=O. The Kier molecular flexibility index (Phi) is 7.29. The molecule has 3 rings (SSSR count). The number of amides is 2. The monoisotopic (exact) mass is 450 g/mol. The average Bonchev–Trinajstić information content (AvgIpc) is 2.80. The quantitative estimate of drug-likeness (QED) is 0.288. The van der Waals surface area contributed by atoms with Crippen LogP contribution in [0.15, 0.2) is 60.8 Å². The topological polar surface area (TPSA) is 155 Å². The highest BCUT2D eigenvalue weighted by Gasteiger charge is 2.33. The molecule has 0 aliphatic heterocycles. The highest BCUT2D eigenvalue weighted by Crippen LogP contribution is 2.27. The molecule has 170 valence electrons.